The number of benzene rings is 1. The molecule has 0 unspecified atom stereocenters. The Morgan fingerprint density at radius 1 is 1.33 bits per heavy atom. The van der Waals surface area contributed by atoms with Gasteiger partial charge in [-0.1, -0.05) is 0 Å². The predicted octanol–water partition coefficient (Wildman–Crippen LogP) is 2.54. The van der Waals surface area contributed by atoms with E-state index in [4.69, 9.17) is 10.5 Å². The first-order valence-corrected chi connectivity index (χ1v) is 6.61. The van der Waals surface area contributed by atoms with Crippen molar-refractivity contribution in [3.05, 3.63) is 29.3 Å². The fourth-order valence-electron chi connectivity index (χ4n) is 2.38. The number of hydrogen-bond acceptors (Lipinski definition) is 3. The van der Waals surface area contributed by atoms with E-state index in [1.807, 2.05) is 0 Å². The van der Waals surface area contributed by atoms with Crippen LogP contribution in [0.5, 0.6) is 0 Å². The molecule has 1 heterocycles. The van der Waals surface area contributed by atoms with Gasteiger partial charge in [0.05, 0.1) is 17.2 Å². The van der Waals surface area contributed by atoms with Crippen LogP contribution in [0.15, 0.2) is 18.2 Å². The fourth-order valence-corrected chi connectivity index (χ4v) is 2.38. The Balaban J connectivity index is 2.19. The summed E-state index contributed by atoms with van der Waals surface area (Å²) in [7, 11) is 1.60. The lowest BCUT2D eigenvalue weighted by Gasteiger charge is -2.31. The molecule has 0 saturated carbocycles. The maximum absolute atomic E-state index is 12.7. The lowest BCUT2D eigenvalue weighted by atomic mass is 10.0. The van der Waals surface area contributed by atoms with E-state index in [1.54, 1.807) is 7.11 Å². The number of hydrogen-bond donors (Lipinski definition) is 1. The highest BCUT2D eigenvalue weighted by molar-refractivity contribution is 5.99. The summed E-state index contributed by atoms with van der Waals surface area (Å²) in [5, 5.41) is 0. The van der Waals surface area contributed by atoms with Crippen molar-refractivity contribution >= 4 is 11.6 Å². The van der Waals surface area contributed by atoms with Gasteiger partial charge in [-0.25, -0.2) is 0 Å². The van der Waals surface area contributed by atoms with Gasteiger partial charge < -0.3 is 15.4 Å². The summed E-state index contributed by atoms with van der Waals surface area (Å²) >= 11 is 0. The molecule has 0 aliphatic carbocycles. The number of amides is 1. The molecule has 1 amide bonds. The lowest BCUT2D eigenvalue weighted by molar-refractivity contribution is -0.137. The van der Waals surface area contributed by atoms with Gasteiger partial charge in [0.1, 0.15) is 0 Å². The van der Waals surface area contributed by atoms with Crippen LogP contribution in [0.1, 0.15) is 28.8 Å². The smallest absolute Gasteiger partial charge is 0.398 e. The third kappa shape index (κ3) is 3.47. The van der Waals surface area contributed by atoms with Crippen molar-refractivity contribution < 1.29 is 22.7 Å². The van der Waals surface area contributed by atoms with Crippen molar-refractivity contribution in [3.8, 4) is 0 Å². The molecule has 0 aromatic heterocycles. The second-order valence-corrected chi connectivity index (χ2v) is 5.03. The minimum absolute atomic E-state index is 0.0573. The zero-order chi connectivity index (χ0) is 15.6. The van der Waals surface area contributed by atoms with E-state index in [0.29, 0.717) is 25.9 Å². The van der Waals surface area contributed by atoms with Gasteiger partial charge in [0.25, 0.3) is 5.91 Å². The number of alkyl halides is 3. The maximum Gasteiger partial charge on any atom is 0.416 e. The van der Waals surface area contributed by atoms with Crippen molar-refractivity contribution in [1.82, 2.24) is 4.90 Å². The molecule has 1 aliphatic heterocycles. The summed E-state index contributed by atoms with van der Waals surface area (Å²) in [6.07, 6.45) is -3.07. The molecule has 0 spiro atoms. The standard InChI is InChI=1S/C14H17F3N2O2/c1-21-10-4-6-19(7-5-10)13(20)11-8-9(14(15,16)17)2-3-12(11)18/h2-3,8,10H,4-7,18H2,1H3. The van der Waals surface area contributed by atoms with Gasteiger partial charge >= 0.3 is 6.18 Å². The number of halogens is 3. The summed E-state index contributed by atoms with van der Waals surface area (Å²) in [4.78, 5) is 13.8. The molecule has 1 aromatic carbocycles. The molecule has 2 N–H and O–H groups in total. The van der Waals surface area contributed by atoms with Crippen LogP contribution in [0, 0.1) is 0 Å². The SMILES string of the molecule is COC1CCN(C(=O)c2cc(C(F)(F)F)ccc2N)CC1. The number of anilines is 1. The number of carbonyl (C=O) groups excluding carboxylic acids is 1. The number of methoxy groups -OCH3 is 1. The Bertz CT molecular complexity index is 523. The molecular weight excluding hydrogens is 285 g/mol. The third-order valence-corrected chi connectivity index (χ3v) is 3.67. The Morgan fingerprint density at radius 3 is 2.48 bits per heavy atom. The van der Waals surface area contributed by atoms with Crippen molar-refractivity contribution in [3.63, 3.8) is 0 Å². The molecule has 21 heavy (non-hydrogen) atoms. The van der Waals surface area contributed by atoms with Gasteiger partial charge in [0.2, 0.25) is 0 Å². The summed E-state index contributed by atoms with van der Waals surface area (Å²) in [5.74, 6) is -0.465. The molecule has 1 aliphatic rings. The van der Waals surface area contributed by atoms with Crippen molar-refractivity contribution in [1.29, 1.82) is 0 Å². The Kier molecular flexibility index (Phi) is 4.41. The number of piperidine rings is 1. The molecule has 1 saturated heterocycles. The van der Waals surface area contributed by atoms with Gasteiger partial charge in [-0.15, -0.1) is 0 Å². The zero-order valence-electron chi connectivity index (χ0n) is 11.6. The fraction of sp³-hybridized carbons (Fsp3) is 0.500. The van der Waals surface area contributed by atoms with Crippen molar-refractivity contribution in [2.24, 2.45) is 0 Å². The van der Waals surface area contributed by atoms with E-state index >= 15 is 0 Å². The number of rotatable bonds is 2. The molecule has 1 fully saturated rings. The molecule has 0 radical (unpaired) electrons. The largest absolute Gasteiger partial charge is 0.416 e. The first-order valence-electron chi connectivity index (χ1n) is 6.61. The topological polar surface area (TPSA) is 55.6 Å². The Morgan fingerprint density at radius 2 is 1.95 bits per heavy atom. The minimum atomic E-state index is -4.49. The van der Waals surface area contributed by atoms with Gasteiger partial charge in [-0.3, -0.25) is 4.79 Å². The van der Waals surface area contributed by atoms with E-state index in [-0.39, 0.29) is 17.4 Å². The minimum Gasteiger partial charge on any atom is -0.398 e. The van der Waals surface area contributed by atoms with Crippen LogP contribution in [-0.2, 0) is 10.9 Å². The van der Waals surface area contributed by atoms with Gasteiger partial charge in [0.15, 0.2) is 0 Å². The molecule has 0 atom stereocenters. The first kappa shape index (κ1) is 15.6. The van der Waals surface area contributed by atoms with Crippen molar-refractivity contribution in [2.75, 3.05) is 25.9 Å². The van der Waals surface area contributed by atoms with E-state index in [1.165, 1.54) is 4.90 Å². The summed E-state index contributed by atoms with van der Waals surface area (Å²) in [6.45, 7) is 0.903. The van der Waals surface area contributed by atoms with Crippen molar-refractivity contribution in [2.45, 2.75) is 25.1 Å². The van der Waals surface area contributed by atoms with E-state index in [2.05, 4.69) is 0 Å². The number of nitrogens with zero attached hydrogens (tertiary/aromatic N) is 1. The van der Waals surface area contributed by atoms with Gasteiger partial charge in [-0.2, -0.15) is 13.2 Å². The van der Waals surface area contributed by atoms with Crippen LogP contribution in [0.2, 0.25) is 0 Å². The molecular formula is C14H17F3N2O2. The highest BCUT2D eigenvalue weighted by Crippen LogP contribution is 2.31. The molecule has 1 aromatic rings. The predicted molar refractivity (Wildman–Crippen MR) is 71.8 cm³/mol. The van der Waals surface area contributed by atoms with Crippen LogP contribution in [-0.4, -0.2) is 37.1 Å². The molecule has 7 heteroatoms. The van der Waals surface area contributed by atoms with E-state index in [0.717, 1.165) is 18.2 Å². The van der Waals surface area contributed by atoms with E-state index in [9.17, 15) is 18.0 Å². The summed E-state index contributed by atoms with van der Waals surface area (Å²) in [5.41, 5.74) is 4.75. The normalized spacial score (nSPS) is 17.0. The number of nitrogen functional groups attached to an aromatic ring is 1. The van der Waals surface area contributed by atoms with Crippen LogP contribution < -0.4 is 5.73 Å². The maximum atomic E-state index is 12.7. The molecule has 116 valence electrons. The number of nitrogens with two attached hydrogens (primary N) is 1. The van der Waals surface area contributed by atoms with Crippen LogP contribution in [0.4, 0.5) is 18.9 Å². The zero-order valence-corrected chi connectivity index (χ0v) is 11.6. The van der Waals surface area contributed by atoms with Crippen LogP contribution >= 0.6 is 0 Å². The summed E-state index contributed by atoms with van der Waals surface area (Å²) in [6, 6.07) is 2.82. The van der Waals surface area contributed by atoms with Crippen LogP contribution in [0.25, 0.3) is 0 Å². The second-order valence-electron chi connectivity index (χ2n) is 5.03. The molecule has 0 bridgehead atoms. The van der Waals surface area contributed by atoms with Gasteiger partial charge in [-0.05, 0) is 31.0 Å². The quantitative estimate of drug-likeness (QED) is 0.854. The number of ether oxygens (including phenoxy) is 1. The first-order chi connectivity index (χ1) is 9.82. The highest BCUT2D eigenvalue weighted by Gasteiger charge is 2.32. The van der Waals surface area contributed by atoms with Gasteiger partial charge in [0, 0.05) is 25.9 Å². The molecule has 2 rings (SSSR count). The van der Waals surface area contributed by atoms with E-state index < -0.39 is 17.6 Å². The number of carbonyl (C=O) groups is 1. The average molecular weight is 302 g/mol. The third-order valence-electron chi connectivity index (χ3n) is 3.67. The second kappa shape index (κ2) is 5.93. The van der Waals surface area contributed by atoms with Crippen LogP contribution in [0.3, 0.4) is 0 Å². The Labute approximate surface area is 120 Å². The monoisotopic (exact) mass is 302 g/mol. The number of likely N-dealkylation sites (tertiary alicyclic amines) is 1. The highest BCUT2D eigenvalue weighted by atomic mass is 19.4. The molecule has 4 nitrogen and oxygen atoms in total. The Hall–Kier alpha value is -1.76. The lowest BCUT2D eigenvalue weighted by Crippen LogP contribution is -2.40. The summed E-state index contributed by atoms with van der Waals surface area (Å²) < 4.78 is 43.4. The average Bonchev–Trinajstić information content (AvgIpc) is 2.46.